The lowest BCUT2D eigenvalue weighted by molar-refractivity contribution is -0.137. The number of phenols is 2. The van der Waals surface area contributed by atoms with E-state index in [2.05, 4.69) is 97.2 Å². The lowest BCUT2D eigenvalue weighted by Gasteiger charge is -2.36. The summed E-state index contributed by atoms with van der Waals surface area (Å²) in [4.78, 5) is 67.3. The number of amides is 5. The number of carbonyl (C=O) groups excluding carboxylic acids is 5. The second-order valence-electron chi connectivity index (χ2n) is 30.2. The number of nitrogens with zero attached hydrogens (tertiary/aromatic N) is 3. The number of rotatable bonds is 10. The topological polar surface area (TPSA) is 290 Å². The third-order valence-corrected chi connectivity index (χ3v) is 17.0. The number of nitrogens with one attached hydrogen (secondary N) is 2. The van der Waals surface area contributed by atoms with Crippen molar-refractivity contribution in [2.75, 3.05) is 19.6 Å². The zero-order valence-corrected chi connectivity index (χ0v) is 58.4. The second kappa shape index (κ2) is 33.1. The van der Waals surface area contributed by atoms with Gasteiger partial charge in [-0.3, -0.25) is 24.0 Å². The van der Waals surface area contributed by atoms with Gasteiger partial charge in [0.05, 0.1) is 24.2 Å². The molecular formula is C75H114N10O7. The number of nitrogens with two attached hydrogens (primary N) is 5. The van der Waals surface area contributed by atoms with Crippen molar-refractivity contribution in [2.24, 2.45) is 28.7 Å². The van der Waals surface area contributed by atoms with Crippen molar-refractivity contribution >= 4 is 29.5 Å². The molecule has 506 valence electrons. The van der Waals surface area contributed by atoms with Gasteiger partial charge in [0.1, 0.15) is 17.0 Å². The molecule has 14 N–H and O–H groups in total. The van der Waals surface area contributed by atoms with E-state index in [0.29, 0.717) is 6.42 Å². The molecular weight excluding hydrogens is 1150 g/mol. The molecule has 9 atom stereocenters. The lowest BCUT2D eigenvalue weighted by atomic mass is 9.88. The van der Waals surface area contributed by atoms with Gasteiger partial charge in [-0.15, -0.1) is 0 Å². The van der Waals surface area contributed by atoms with Crippen molar-refractivity contribution in [1.29, 1.82) is 0 Å². The van der Waals surface area contributed by atoms with Crippen LogP contribution in [0.25, 0.3) is 0 Å². The third kappa shape index (κ3) is 23.4. The Labute approximate surface area is 551 Å². The first-order valence-electron chi connectivity index (χ1n) is 32.7. The van der Waals surface area contributed by atoms with Crippen molar-refractivity contribution in [2.45, 2.75) is 237 Å². The van der Waals surface area contributed by atoms with E-state index in [0.717, 1.165) is 68.4 Å². The molecule has 0 bridgehead atoms. The molecule has 0 radical (unpaired) electrons. The Morgan fingerprint density at radius 3 is 1.11 bits per heavy atom. The fourth-order valence-corrected chi connectivity index (χ4v) is 11.6. The summed E-state index contributed by atoms with van der Waals surface area (Å²) < 4.78 is 0. The lowest BCUT2D eigenvalue weighted by Crippen LogP contribution is -2.53. The summed E-state index contributed by atoms with van der Waals surface area (Å²) in [5, 5.41) is 24.2. The fourth-order valence-electron chi connectivity index (χ4n) is 11.6. The van der Waals surface area contributed by atoms with Crippen LogP contribution in [-0.2, 0) is 30.4 Å². The Bertz CT molecular complexity index is 2930. The molecule has 92 heavy (non-hydrogen) atoms. The highest BCUT2D eigenvalue weighted by molar-refractivity contribution is 5.89. The Balaban J connectivity index is 0.000000245. The first-order valence-corrected chi connectivity index (χ1v) is 32.7. The van der Waals surface area contributed by atoms with Crippen LogP contribution in [0.5, 0.6) is 11.5 Å². The minimum Gasteiger partial charge on any atom is -0.508 e. The number of hydrogen-bond donors (Lipinski definition) is 9. The van der Waals surface area contributed by atoms with Crippen molar-refractivity contribution in [3.8, 4) is 11.5 Å². The van der Waals surface area contributed by atoms with Crippen LogP contribution >= 0.6 is 0 Å². The van der Waals surface area contributed by atoms with Crippen LogP contribution < -0.4 is 39.3 Å². The average molecular weight is 1270 g/mol. The Kier molecular flexibility index (Phi) is 27.8. The molecule has 17 heteroatoms. The smallest absolute Gasteiger partial charge is 0.243 e. The molecule has 5 aromatic carbocycles. The summed E-state index contributed by atoms with van der Waals surface area (Å²) >= 11 is 0. The molecule has 0 aromatic heterocycles. The zero-order chi connectivity index (χ0) is 69.3. The molecule has 0 aliphatic carbocycles. The normalized spacial score (nSPS) is 21.1. The van der Waals surface area contributed by atoms with Gasteiger partial charge in [0.25, 0.3) is 0 Å². The van der Waals surface area contributed by atoms with Gasteiger partial charge < -0.3 is 64.2 Å². The maximum absolute atomic E-state index is 12.6. The number of aromatic hydroxyl groups is 2. The summed E-state index contributed by atoms with van der Waals surface area (Å²) in [7, 11) is 0. The predicted octanol–water partition coefficient (Wildman–Crippen LogP) is 10.5. The van der Waals surface area contributed by atoms with E-state index in [-0.39, 0.29) is 92.4 Å². The van der Waals surface area contributed by atoms with Crippen LogP contribution in [0.3, 0.4) is 0 Å². The highest BCUT2D eigenvalue weighted by atomic mass is 16.3. The molecule has 3 saturated heterocycles. The number of carbonyl (C=O) groups is 5. The van der Waals surface area contributed by atoms with Gasteiger partial charge in [-0.1, -0.05) is 129 Å². The molecule has 5 aromatic rings. The summed E-state index contributed by atoms with van der Waals surface area (Å²) in [5.41, 5.74) is 34.4. The van der Waals surface area contributed by atoms with Crippen molar-refractivity contribution in [3.63, 3.8) is 0 Å². The van der Waals surface area contributed by atoms with Gasteiger partial charge >= 0.3 is 0 Å². The number of hydrogen-bond acceptors (Lipinski definition) is 12. The second-order valence-corrected chi connectivity index (χ2v) is 30.2. The van der Waals surface area contributed by atoms with Gasteiger partial charge in [0, 0.05) is 71.0 Å². The van der Waals surface area contributed by atoms with Crippen LogP contribution in [0.2, 0.25) is 0 Å². The SMILES string of the molecule is CC(C)(C)N1CCC[C@@H](c2ccccc2)[C@H](N)C1=O.CC(C)(C)N1CCC[C@H](c2ccccc2)[C@H](N)C1=O.CC(C)(C)N1CC[C@](N)(Cc2ccccc2)C1=O.C[C@@H](c1ccc(O)cc1)[C@H](N)C(=O)NC(C)(C)C.C[C@H](c1ccc(O)cc1)[C@H](N)C(=O)NC(C)(C)C. The monoisotopic (exact) mass is 1270 g/mol. The largest absolute Gasteiger partial charge is 0.508 e. The van der Waals surface area contributed by atoms with Gasteiger partial charge in [0.15, 0.2) is 0 Å². The average Bonchev–Trinajstić information content (AvgIpc) is 1.64. The Hall–Kier alpha value is -7.15. The predicted molar refractivity (Wildman–Crippen MR) is 374 cm³/mol. The van der Waals surface area contributed by atoms with Crippen molar-refractivity contribution in [3.05, 3.63) is 167 Å². The molecule has 17 nitrogen and oxygen atoms in total. The standard InChI is InChI=1S/2C16H24N2O.C15H22N2O.2C14H22N2O2/c2*1-16(2,3)18-11-7-10-13(14(17)15(18)19)12-8-5-4-6-9-12;1-14(2,3)17-10-9-15(16,13(17)18)11-12-7-5-4-6-8-12;2*1-9(10-5-7-11(17)8-6-10)12(15)13(18)16-14(2,3)4/h2*4-6,8-9,13-14H,7,10-11,17H2,1-3H3;4-8H,9-11,16H2,1-3H3;2*5-9,12,17H,15H2,1-4H3,(H,16,18)/t13-,14+;13-,14-;15-;9-,12+;9-,12-/m10010/s1. The van der Waals surface area contributed by atoms with Crippen LogP contribution in [0.1, 0.15) is 201 Å². The summed E-state index contributed by atoms with van der Waals surface area (Å²) in [5.74, 6) is 0.406. The Morgan fingerprint density at radius 2 is 0.815 bits per heavy atom. The molecule has 3 heterocycles. The van der Waals surface area contributed by atoms with Gasteiger partial charge in [0.2, 0.25) is 29.5 Å². The number of benzene rings is 5. The van der Waals surface area contributed by atoms with E-state index in [1.165, 1.54) is 11.1 Å². The summed E-state index contributed by atoms with van der Waals surface area (Å²) in [6, 6.07) is 41.8. The maximum atomic E-state index is 12.6. The third-order valence-electron chi connectivity index (χ3n) is 17.0. The highest BCUT2D eigenvalue weighted by Gasteiger charge is 2.47. The molecule has 0 unspecified atom stereocenters. The highest BCUT2D eigenvalue weighted by Crippen LogP contribution is 2.34. The molecule has 3 aliphatic heterocycles. The summed E-state index contributed by atoms with van der Waals surface area (Å²) in [6.45, 7) is 36.3. The van der Waals surface area contributed by atoms with Gasteiger partial charge in [-0.2, -0.15) is 0 Å². The summed E-state index contributed by atoms with van der Waals surface area (Å²) in [6.07, 6.45) is 5.33. The first kappa shape index (κ1) is 77.3. The molecule has 5 amide bonds. The minimum atomic E-state index is -0.728. The number of likely N-dealkylation sites (tertiary alicyclic amines) is 3. The van der Waals surface area contributed by atoms with Gasteiger partial charge in [-0.05, 0) is 194 Å². The van der Waals surface area contributed by atoms with Crippen LogP contribution in [0.4, 0.5) is 0 Å². The van der Waals surface area contributed by atoms with Crippen LogP contribution in [-0.4, -0.2) is 131 Å². The Morgan fingerprint density at radius 1 is 0.500 bits per heavy atom. The molecule has 8 rings (SSSR count). The van der Waals surface area contributed by atoms with Crippen LogP contribution in [0, 0.1) is 0 Å². The first-order chi connectivity index (χ1) is 42.6. The molecule has 3 fully saturated rings. The fraction of sp³-hybridized carbons (Fsp3) is 0.533. The number of phenolic OH excluding ortho intramolecular Hbond substituents is 2. The molecule has 0 saturated carbocycles. The van der Waals surface area contributed by atoms with Gasteiger partial charge in [-0.25, -0.2) is 0 Å². The van der Waals surface area contributed by atoms with E-state index < -0.39 is 29.7 Å². The maximum Gasteiger partial charge on any atom is 0.243 e. The van der Waals surface area contributed by atoms with E-state index in [1.807, 2.05) is 137 Å². The zero-order valence-electron chi connectivity index (χ0n) is 58.4. The van der Waals surface area contributed by atoms with Crippen molar-refractivity contribution < 1.29 is 34.2 Å². The quantitative estimate of drug-likeness (QED) is 0.0631. The van der Waals surface area contributed by atoms with Crippen molar-refractivity contribution in [1.82, 2.24) is 25.3 Å². The van der Waals surface area contributed by atoms with E-state index in [1.54, 1.807) is 48.5 Å². The molecule has 3 aliphatic rings. The van der Waals surface area contributed by atoms with Crippen LogP contribution in [0.15, 0.2) is 140 Å². The van der Waals surface area contributed by atoms with E-state index in [9.17, 15) is 34.2 Å². The van der Waals surface area contributed by atoms with E-state index in [4.69, 9.17) is 28.7 Å². The minimum absolute atomic E-state index is 0.0823. The van der Waals surface area contributed by atoms with E-state index >= 15 is 0 Å². The molecule has 0 spiro atoms.